The van der Waals surface area contributed by atoms with Crippen LogP contribution in [0.1, 0.15) is 28.8 Å². The van der Waals surface area contributed by atoms with Gasteiger partial charge in [0.2, 0.25) is 0 Å². The molecule has 0 fully saturated rings. The van der Waals surface area contributed by atoms with Crippen LogP contribution in [0.4, 0.5) is 0 Å². The maximum atomic E-state index is 14.2. The molecule has 48 heavy (non-hydrogen) atoms. The van der Waals surface area contributed by atoms with Gasteiger partial charge in [0, 0.05) is 0 Å². The van der Waals surface area contributed by atoms with Crippen molar-refractivity contribution in [2.75, 3.05) is 0 Å². The summed E-state index contributed by atoms with van der Waals surface area (Å²) in [6, 6.07) is 56.1. The maximum Gasteiger partial charge on any atom is 0.179 e. The molecule has 1 N–H and O–H groups in total. The Labute approximate surface area is 300 Å². The standard InChI is InChI=1S/C39H34N2O2SSi.CH3.ClH.Ru/c40-38(31-18-6-1-7-19-31)39(32-20-8-2-9-21-32)41-44(42,43)30-33-22-16-17-29-37(33)45(34-23-10-3-11-24-34,35-25-12-4-13-26-35)36-27-14-5-15-28-36;;;/h1-29,38-40H,30H2;1H3;1H;/q-2;-1;;+4/p-1. The Morgan fingerprint density at radius 3 is 1.35 bits per heavy atom. The monoisotopic (exact) mass is 774 g/mol. The van der Waals surface area contributed by atoms with E-state index in [1.54, 1.807) is 0 Å². The van der Waals surface area contributed by atoms with Crippen LogP contribution in [0, 0.1) is 7.43 Å². The number of sulfonamides is 1. The van der Waals surface area contributed by atoms with Crippen molar-refractivity contribution in [3.63, 3.8) is 0 Å². The molecule has 0 aliphatic rings. The third kappa shape index (κ3) is 8.30. The van der Waals surface area contributed by atoms with Gasteiger partial charge in [0.15, 0.2) is 8.07 Å². The van der Waals surface area contributed by atoms with Gasteiger partial charge in [0.05, 0.1) is 15.8 Å². The second-order valence-electron chi connectivity index (χ2n) is 11.1. The average Bonchev–Trinajstić information content (AvgIpc) is 3.14. The Balaban J connectivity index is 0.00000170. The van der Waals surface area contributed by atoms with Gasteiger partial charge in [0.25, 0.3) is 0 Å². The summed E-state index contributed by atoms with van der Waals surface area (Å²) in [4.78, 5) is 0. The van der Waals surface area contributed by atoms with Crippen LogP contribution in [0.15, 0.2) is 176 Å². The molecule has 0 aliphatic carbocycles. The normalized spacial score (nSPS) is 12.5. The molecule has 2 unspecified atom stereocenters. The van der Waals surface area contributed by atoms with Crippen LogP contribution >= 0.6 is 9.69 Å². The van der Waals surface area contributed by atoms with Crippen molar-refractivity contribution < 1.29 is 25.7 Å². The van der Waals surface area contributed by atoms with Gasteiger partial charge in [-0.15, -0.1) is 12.1 Å². The molecular formula is C40H37ClN2O2RuSSi. The molecule has 0 spiro atoms. The Bertz CT molecular complexity index is 1840. The van der Waals surface area contributed by atoms with E-state index in [0.717, 1.165) is 16.3 Å². The summed E-state index contributed by atoms with van der Waals surface area (Å²) in [5, 5.41) is 4.51. The van der Waals surface area contributed by atoms with E-state index in [4.69, 9.17) is 5.73 Å². The second-order valence-corrected chi connectivity index (χ2v) is 16.5. The molecule has 0 radical (unpaired) electrons. The minimum Gasteiger partial charge on any atom is -0.672 e. The fraction of sp³-hybridized carbons (Fsp3) is 0.0750. The summed E-state index contributed by atoms with van der Waals surface area (Å²) in [6.07, 6.45) is 0. The molecule has 0 amide bonds. The summed E-state index contributed by atoms with van der Waals surface area (Å²) in [7, 11) is -2.43. The van der Waals surface area contributed by atoms with E-state index in [1.165, 1.54) is 15.6 Å². The molecule has 0 bridgehead atoms. The van der Waals surface area contributed by atoms with E-state index in [9.17, 15) is 8.42 Å². The smallest absolute Gasteiger partial charge is 0.179 e. The van der Waals surface area contributed by atoms with E-state index in [-0.39, 0.29) is 13.2 Å². The van der Waals surface area contributed by atoms with Gasteiger partial charge in [-0.3, -0.25) is 0 Å². The van der Waals surface area contributed by atoms with Crippen LogP contribution in [0.25, 0.3) is 10.5 Å². The molecule has 0 saturated carbocycles. The van der Waals surface area contributed by atoms with E-state index in [1.807, 2.05) is 114 Å². The van der Waals surface area contributed by atoms with Crippen LogP contribution in [0.5, 0.6) is 0 Å². The quantitative estimate of drug-likeness (QED) is 0.0763. The third-order valence-corrected chi connectivity index (χ3v) is 14.4. The molecule has 0 saturated heterocycles. The fourth-order valence-electron chi connectivity index (χ4n) is 6.26. The van der Waals surface area contributed by atoms with E-state index in [0.29, 0.717) is 5.56 Å². The van der Waals surface area contributed by atoms with E-state index >= 15 is 0 Å². The predicted molar refractivity (Wildman–Crippen MR) is 201 cm³/mol. The van der Waals surface area contributed by atoms with Gasteiger partial charge < -0.3 is 17.9 Å². The summed E-state index contributed by atoms with van der Waals surface area (Å²) < 4.78 is 32.8. The summed E-state index contributed by atoms with van der Waals surface area (Å²) in [5.74, 6) is -0.269. The van der Waals surface area contributed by atoms with Gasteiger partial charge in [-0.2, -0.15) is 0 Å². The first-order chi connectivity index (χ1) is 23.0. The molecule has 4 nitrogen and oxygen atoms in total. The number of rotatable bonds is 11. The Morgan fingerprint density at radius 2 is 0.917 bits per heavy atom. The van der Waals surface area contributed by atoms with Crippen molar-refractivity contribution in [1.82, 2.24) is 0 Å². The van der Waals surface area contributed by atoms with Crippen molar-refractivity contribution >= 4 is 48.5 Å². The van der Waals surface area contributed by atoms with Crippen molar-refractivity contribution in [3.05, 3.63) is 210 Å². The van der Waals surface area contributed by atoms with Gasteiger partial charge in [-0.1, -0.05) is 187 Å². The largest absolute Gasteiger partial charge is 0.672 e. The topological polar surface area (TPSA) is 72.0 Å². The first kappa shape index (κ1) is 37.1. The molecule has 0 heterocycles. The Morgan fingerprint density at radius 1 is 0.562 bits per heavy atom. The van der Waals surface area contributed by atoms with Crippen molar-refractivity contribution in [3.8, 4) is 0 Å². The van der Waals surface area contributed by atoms with Gasteiger partial charge >= 0.3 is 27.0 Å². The number of nitrogens with one attached hydrogen (secondary N) is 1. The third-order valence-electron chi connectivity index (χ3n) is 8.27. The molecular weight excluding hydrogens is 737 g/mol. The Kier molecular flexibility index (Phi) is 13.7. The molecule has 2 atom stereocenters. The zero-order chi connectivity index (χ0) is 33.1. The number of hydrogen-bond acceptors (Lipinski definition) is 2. The Hall–Kier alpha value is -3.68. The predicted octanol–water partition coefficient (Wildman–Crippen LogP) is 7.94. The number of hydrogen-bond donors (Lipinski definition) is 0. The van der Waals surface area contributed by atoms with Gasteiger partial charge in [0.1, 0.15) is 0 Å². The zero-order valence-corrected chi connectivity index (χ0v) is 30.8. The summed E-state index contributed by atoms with van der Waals surface area (Å²) >= 11 is 1.82. The molecule has 6 aromatic rings. The molecule has 8 heteroatoms. The SMILES string of the molecule is [CH3-].[Cl][Ru+3].[NH-]C(c1ccccc1)C([N-]S(=O)(=O)Cc1ccccc1[Si](c1ccccc1)(c1ccccc1)c1ccccc1)c1ccccc1. The van der Waals surface area contributed by atoms with Crippen LogP contribution in [-0.4, -0.2) is 16.5 Å². The minimum atomic E-state index is -4.04. The fourth-order valence-corrected chi connectivity index (χ4v) is 12.7. The maximum absolute atomic E-state index is 14.2. The number of benzene rings is 6. The van der Waals surface area contributed by atoms with Crippen LogP contribution in [0.3, 0.4) is 0 Å². The van der Waals surface area contributed by atoms with Crippen LogP contribution in [-0.2, 0) is 33.1 Å². The van der Waals surface area contributed by atoms with Crippen molar-refractivity contribution in [1.29, 1.82) is 0 Å². The zero-order valence-electron chi connectivity index (χ0n) is 26.5. The average molecular weight is 774 g/mol. The first-order valence-electron chi connectivity index (χ1n) is 15.1. The summed E-state index contributed by atoms with van der Waals surface area (Å²) in [6.45, 7) is 0. The first-order valence-corrected chi connectivity index (χ1v) is 21.0. The van der Waals surface area contributed by atoms with Crippen molar-refractivity contribution in [2.45, 2.75) is 17.8 Å². The van der Waals surface area contributed by atoms with Gasteiger partial charge in [-0.25, -0.2) is 8.42 Å². The molecule has 0 aromatic heterocycles. The molecule has 244 valence electrons. The number of halogens is 1. The molecule has 6 aromatic carbocycles. The van der Waals surface area contributed by atoms with Crippen molar-refractivity contribution in [2.24, 2.45) is 0 Å². The van der Waals surface area contributed by atoms with E-state index in [2.05, 4.69) is 93.3 Å². The van der Waals surface area contributed by atoms with Crippen LogP contribution in [0.2, 0.25) is 0 Å². The molecule has 6 rings (SSSR count). The number of nitrogens with zero attached hydrogens (tertiary/aromatic N) is 1. The minimum absolute atomic E-state index is 0. The summed E-state index contributed by atoms with van der Waals surface area (Å²) in [5.41, 5.74) is 11.2. The van der Waals surface area contributed by atoms with E-state index < -0.39 is 30.2 Å². The molecule has 0 aliphatic heterocycles. The van der Waals surface area contributed by atoms with Crippen LogP contribution < -0.4 is 20.7 Å². The second kappa shape index (κ2) is 17.6. The van der Waals surface area contributed by atoms with Gasteiger partial charge in [-0.05, 0) is 26.3 Å².